The summed E-state index contributed by atoms with van der Waals surface area (Å²) in [6, 6.07) is 0. The number of hydrogen-bond acceptors (Lipinski definition) is 2. The van der Waals surface area contributed by atoms with Gasteiger partial charge in [0.15, 0.2) is 0 Å². The van der Waals surface area contributed by atoms with Crippen LogP contribution in [0, 0.1) is 0 Å². The van der Waals surface area contributed by atoms with Crippen molar-refractivity contribution in [2.45, 2.75) is 18.9 Å². The van der Waals surface area contributed by atoms with Crippen LogP contribution in [0.1, 0.15) is 12.8 Å². The van der Waals surface area contributed by atoms with Gasteiger partial charge in [0, 0.05) is 20.2 Å². The number of piperidine rings is 1. The number of carbonyl (C=O) groups excluding carboxylic acids is 1. The van der Waals surface area contributed by atoms with Crippen LogP contribution in [0.4, 0.5) is 0 Å². The molecule has 0 aliphatic carbocycles. The quantitative estimate of drug-likeness (QED) is 0.670. The van der Waals surface area contributed by atoms with Crippen molar-refractivity contribution in [2.75, 3.05) is 25.5 Å². The normalized spacial score (nSPS) is 19.7. The second kappa shape index (κ2) is 4.82. The number of ether oxygens (including phenoxy) is 1. The molecule has 0 N–H and O–H groups in total. The average Bonchev–Trinajstić information content (AvgIpc) is 2.17. The summed E-state index contributed by atoms with van der Waals surface area (Å²) in [5.74, 6) is 0.185. The van der Waals surface area contributed by atoms with E-state index >= 15 is 0 Å². The Morgan fingerprint density at radius 3 is 2.58 bits per heavy atom. The van der Waals surface area contributed by atoms with Gasteiger partial charge < -0.3 is 9.64 Å². The minimum Gasteiger partial charge on any atom is -0.381 e. The summed E-state index contributed by atoms with van der Waals surface area (Å²) >= 11 is 3.16. The SMILES string of the molecule is COC1CCN(C(=O)CBr)CC1. The molecule has 1 rings (SSSR count). The van der Waals surface area contributed by atoms with Gasteiger partial charge in [0.05, 0.1) is 11.4 Å². The Hall–Kier alpha value is -0.0900. The molecule has 0 bridgehead atoms. The molecule has 0 aromatic carbocycles. The van der Waals surface area contributed by atoms with Gasteiger partial charge in [-0.25, -0.2) is 0 Å². The van der Waals surface area contributed by atoms with Gasteiger partial charge >= 0.3 is 0 Å². The molecule has 12 heavy (non-hydrogen) atoms. The van der Waals surface area contributed by atoms with Crippen LogP contribution in [0.25, 0.3) is 0 Å². The first-order valence-corrected chi connectivity index (χ1v) is 5.26. The summed E-state index contributed by atoms with van der Waals surface area (Å²) in [6.07, 6.45) is 2.29. The fourth-order valence-corrected chi connectivity index (χ4v) is 1.78. The van der Waals surface area contributed by atoms with E-state index in [9.17, 15) is 4.79 Å². The van der Waals surface area contributed by atoms with E-state index in [1.54, 1.807) is 7.11 Å². The lowest BCUT2D eigenvalue weighted by atomic mass is 10.1. The van der Waals surface area contributed by atoms with Crippen LogP contribution >= 0.6 is 15.9 Å². The molecule has 0 radical (unpaired) electrons. The average molecular weight is 236 g/mol. The lowest BCUT2D eigenvalue weighted by Crippen LogP contribution is -2.41. The molecule has 70 valence electrons. The van der Waals surface area contributed by atoms with Crippen LogP contribution in [0.5, 0.6) is 0 Å². The minimum absolute atomic E-state index is 0.185. The molecular weight excluding hydrogens is 222 g/mol. The lowest BCUT2D eigenvalue weighted by molar-refractivity contribution is -0.130. The number of nitrogens with zero attached hydrogens (tertiary/aromatic N) is 1. The Kier molecular flexibility index (Phi) is 4.01. The number of rotatable bonds is 2. The fourth-order valence-electron chi connectivity index (χ4n) is 1.43. The monoisotopic (exact) mass is 235 g/mol. The Bertz CT molecular complexity index is 155. The molecule has 1 fully saturated rings. The second-order valence-electron chi connectivity index (χ2n) is 2.95. The number of hydrogen-bond donors (Lipinski definition) is 0. The molecule has 3 nitrogen and oxygen atoms in total. The number of methoxy groups -OCH3 is 1. The Balaban J connectivity index is 2.30. The van der Waals surface area contributed by atoms with E-state index < -0.39 is 0 Å². The van der Waals surface area contributed by atoms with Crippen LogP contribution in [0.15, 0.2) is 0 Å². The van der Waals surface area contributed by atoms with Crippen molar-refractivity contribution in [3.63, 3.8) is 0 Å². The first-order chi connectivity index (χ1) is 5.77. The van der Waals surface area contributed by atoms with E-state index in [0.717, 1.165) is 25.9 Å². The predicted molar refractivity (Wildman–Crippen MR) is 50.4 cm³/mol. The van der Waals surface area contributed by atoms with Crippen molar-refractivity contribution in [1.82, 2.24) is 4.90 Å². The molecule has 0 aromatic heterocycles. The summed E-state index contributed by atoms with van der Waals surface area (Å²) in [5, 5.41) is 0.435. The summed E-state index contributed by atoms with van der Waals surface area (Å²) in [6.45, 7) is 1.67. The molecule has 1 heterocycles. The maximum Gasteiger partial charge on any atom is 0.233 e. The molecule has 4 heteroatoms. The molecule has 0 aromatic rings. The van der Waals surface area contributed by atoms with Gasteiger partial charge in [0.25, 0.3) is 0 Å². The minimum atomic E-state index is 0.185. The van der Waals surface area contributed by atoms with E-state index in [0.29, 0.717) is 11.4 Å². The molecular formula is C8H14BrNO2. The molecule has 0 saturated carbocycles. The number of halogens is 1. The van der Waals surface area contributed by atoms with Crippen LogP contribution in [0.2, 0.25) is 0 Å². The van der Waals surface area contributed by atoms with Gasteiger partial charge in [-0.2, -0.15) is 0 Å². The van der Waals surface area contributed by atoms with Crippen molar-refractivity contribution < 1.29 is 9.53 Å². The zero-order valence-electron chi connectivity index (χ0n) is 7.25. The third kappa shape index (κ3) is 2.45. The molecule has 0 atom stereocenters. The molecule has 1 aliphatic heterocycles. The van der Waals surface area contributed by atoms with Crippen molar-refractivity contribution in [2.24, 2.45) is 0 Å². The summed E-state index contributed by atoms with van der Waals surface area (Å²) in [7, 11) is 1.73. The highest BCUT2D eigenvalue weighted by molar-refractivity contribution is 9.09. The van der Waals surface area contributed by atoms with Gasteiger partial charge in [0.1, 0.15) is 0 Å². The van der Waals surface area contributed by atoms with Crippen LogP contribution < -0.4 is 0 Å². The molecule has 0 unspecified atom stereocenters. The third-order valence-corrected chi connectivity index (χ3v) is 2.72. The largest absolute Gasteiger partial charge is 0.381 e. The smallest absolute Gasteiger partial charge is 0.233 e. The van der Waals surface area contributed by atoms with E-state index in [2.05, 4.69) is 15.9 Å². The second-order valence-corrected chi connectivity index (χ2v) is 3.51. The van der Waals surface area contributed by atoms with Crippen LogP contribution in [0.3, 0.4) is 0 Å². The molecule has 1 saturated heterocycles. The van der Waals surface area contributed by atoms with E-state index in [4.69, 9.17) is 4.74 Å². The van der Waals surface area contributed by atoms with Gasteiger partial charge in [-0.05, 0) is 12.8 Å². The molecule has 1 amide bonds. The van der Waals surface area contributed by atoms with Crippen molar-refractivity contribution >= 4 is 21.8 Å². The highest BCUT2D eigenvalue weighted by atomic mass is 79.9. The highest BCUT2D eigenvalue weighted by Crippen LogP contribution is 2.13. The Morgan fingerprint density at radius 1 is 1.58 bits per heavy atom. The van der Waals surface area contributed by atoms with E-state index in [-0.39, 0.29) is 5.91 Å². The summed E-state index contributed by atoms with van der Waals surface area (Å²) < 4.78 is 5.20. The van der Waals surface area contributed by atoms with E-state index in [1.807, 2.05) is 4.90 Å². The highest BCUT2D eigenvalue weighted by Gasteiger charge is 2.21. The topological polar surface area (TPSA) is 29.5 Å². The third-order valence-electron chi connectivity index (χ3n) is 2.24. The van der Waals surface area contributed by atoms with Crippen molar-refractivity contribution in [1.29, 1.82) is 0 Å². The van der Waals surface area contributed by atoms with Crippen LogP contribution in [-0.2, 0) is 9.53 Å². The Labute approximate surface area is 81.2 Å². The maximum absolute atomic E-state index is 11.2. The first-order valence-electron chi connectivity index (χ1n) is 4.14. The molecule has 0 spiro atoms. The van der Waals surface area contributed by atoms with Gasteiger partial charge in [-0.15, -0.1) is 0 Å². The van der Waals surface area contributed by atoms with Gasteiger partial charge in [0.2, 0.25) is 5.91 Å². The maximum atomic E-state index is 11.2. The van der Waals surface area contributed by atoms with Gasteiger partial charge in [-0.3, -0.25) is 4.79 Å². The number of alkyl halides is 1. The predicted octanol–water partition coefficient (Wildman–Crippen LogP) is 1.02. The lowest BCUT2D eigenvalue weighted by Gasteiger charge is -2.30. The zero-order valence-corrected chi connectivity index (χ0v) is 8.84. The number of likely N-dealkylation sites (tertiary alicyclic amines) is 1. The fraction of sp³-hybridized carbons (Fsp3) is 0.875. The summed E-state index contributed by atoms with van der Waals surface area (Å²) in [5.41, 5.74) is 0. The van der Waals surface area contributed by atoms with Crippen molar-refractivity contribution in [3.05, 3.63) is 0 Å². The van der Waals surface area contributed by atoms with Crippen molar-refractivity contribution in [3.8, 4) is 0 Å². The standard InChI is InChI=1S/C8H14BrNO2/c1-12-7-2-4-10(5-3-7)8(11)6-9/h7H,2-6H2,1H3. The number of carbonyl (C=O) groups is 1. The van der Waals surface area contributed by atoms with Crippen LogP contribution in [-0.4, -0.2) is 42.4 Å². The zero-order chi connectivity index (χ0) is 8.97. The van der Waals surface area contributed by atoms with Gasteiger partial charge in [-0.1, -0.05) is 15.9 Å². The Morgan fingerprint density at radius 2 is 2.17 bits per heavy atom. The first kappa shape index (κ1) is 9.99. The number of amides is 1. The van der Waals surface area contributed by atoms with E-state index in [1.165, 1.54) is 0 Å². The summed E-state index contributed by atoms with van der Waals surface area (Å²) in [4.78, 5) is 13.1. The molecule has 1 aliphatic rings.